The van der Waals surface area contributed by atoms with Gasteiger partial charge in [0.2, 0.25) is 0 Å². The number of ether oxygens (including phenoxy) is 1. The van der Waals surface area contributed by atoms with Gasteiger partial charge in [0, 0.05) is 69.8 Å². The first-order valence-electron chi connectivity index (χ1n) is 15.0. The molecule has 0 amide bonds. The molecule has 7 aromatic rings. The van der Waals surface area contributed by atoms with Gasteiger partial charge in [-0.1, -0.05) is 58.9 Å². The first kappa shape index (κ1) is 26.4. The van der Waals surface area contributed by atoms with E-state index in [0.717, 1.165) is 39.6 Å². The molecule has 6 nitrogen and oxygen atoms in total. The quantitative estimate of drug-likeness (QED) is 0.210. The monoisotopic (exact) mass is 575 g/mol. The Balaban J connectivity index is 1.24. The van der Waals surface area contributed by atoms with Crippen LogP contribution in [0.15, 0.2) is 110 Å². The van der Waals surface area contributed by atoms with Gasteiger partial charge in [-0.3, -0.25) is 9.55 Å². The van der Waals surface area contributed by atoms with Crippen molar-refractivity contribution in [1.29, 1.82) is 0 Å². The molecule has 0 spiro atoms. The van der Waals surface area contributed by atoms with Gasteiger partial charge in [-0.15, -0.1) is 0 Å². The van der Waals surface area contributed by atoms with Crippen molar-refractivity contribution in [3.63, 3.8) is 0 Å². The van der Waals surface area contributed by atoms with Crippen LogP contribution in [-0.4, -0.2) is 24.3 Å². The molecule has 0 N–H and O–H groups in total. The van der Waals surface area contributed by atoms with Crippen LogP contribution in [0.3, 0.4) is 0 Å². The highest BCUT2D eigenvalue weighted by molar-refractivity contribution is 6.12. The van der Waals surface area contributed by atoms with Crippen LogP contribution < -0.4 is 4.74 Å². The summed E-state index contributed by atoms with van der Waals surface area (Å²) in [6.45, 7) is 11.5. The van der Waals surface area contributed by atoms with Crippen molar-refractivity contribution >= 4 is 21.8 Å². The summed E-state index contributed by atoms with van der Waals surface area (Å²) in [6, 6.07) is 27.4. The van der Waals surface area contributed by atoms with E-state index >= 15 is 0 Å². The van der Waals surface area contributed by atoms with Crippen LogP contribution in [0.25, 0.3) is 44.4 Å². The van der Waals surface area contributed by atoms with E-state index in [4.69, 9.17) is 9.72 Å². The number of hydrogen-bond donors (Lipinski definition) is 0. The number of benzene rings is 3. The van der Waals surface area contributed by atoms with Crippen LogP contribution in [0, 0.1) is 0 Å². The zero-order chi connectivity index (χ0) is 30.2. The number of pyridine rings is 2. The summed E-state index contributed by atoms with van der Waals surface area (Å²) in [6.07, 6.45) is 9.37. The molecule has 3 aromatic carbocycles. The molecule has 216 valence electrons. The normalized spacial score (nSPS) is 13.8. The maximum atomic E-state index is 6.51. The van der Waals surface area contributed by atoms with Crippen LogP contribution >= 0.6 is 0 Å². The minimum Gasteiger partial charge on any atom is -0.457 e. The van der Waals surface area contributed by atoms with E-state index < -0.39 is 0 Å². The molecule has 8 rings (SSSR count). The molecule has 0 atom stereocenters. The molecule has 0 fully saturated rings. The van der Waals surface area contributed by atoms with Crippen LogP contribution in [0.4, 0.5) is 0 Å². The molecule has 6 heteroatoms. The standard InChI is InChI=1S/C38H33N5O/c1-37(2,3)26-17-31-30-14-13-29(20-34(30)43-35(31)33(18-26)38(4,5)32-12-8-16-40-36(32)43)44-28-11-6-10-27(19-28)42-23-25(22-41-42)24-9-7-15-39-21-24/h6-23H,1-5H3. The molecular formula is C38H33N5O. The highest BCUT2D eigenvalue weighted by atomic mass is 16.5. The Morgan fingerprint density at radius 3 is 2.41 bits per heavy atom. The lowest BCUT2D eigenvalue weighted by Crippen LogP contribution is -2.28. The van der Waals surface area contributed by atoms with E-state index in [1.807, 2.05) is 71.9 Å². The fourth-order valence-electron chi connectivity index (χ4n) is 6.50. The average molecular weight is 576 g/mol. The van der Waals surface area contributed by atoms with Gasteiger partial charge in [0.15, 0.2) is 0 Å². The third-order valence-corrected chi connectivity index (χ3v) is 8.94. The molecule has 1 aliphatic rings. The van der Waals surface area contributed by atoms with Crippen molar-refractivity contribution in [1.82, 2.24) is 24.3 Å². The summed E-state index contributed by atoms with van der Waals surface area (Å²) in [4.78, 5) is 9.16. The Kier molecular flexibility index (Phi) is 5.63. The maximum absolute atomic E-state index is 6.51. The summed E-state index contributed by atoms with van der Waals surface area (Å²) in [5.41, 5.74) is 9.00. The zero-order valence-corrected chi connectivity index (χ0v) is 25.5. The van der Waals surface area contributed by atoms with Crippen molar-refractivity contribution < 1.29 is 4.74 Å². The largest absolute Gasteiger partial charge is 0.457 e. The van der Waals surface area contributed by atoms with Gasteiger partial charge < -0.3 is 4.74 Å². The fourth-order valence-corrected chi connectivity index (χ4v) is 6.50. The van der Waals surface area contributed by atoms with Crippen molar-refractivity contribution in [2.75, 3.05) is 0 Å². The van der Waals surface area contributed by atoms with Crippen molar-refractivity contribution in [3.05, 3.63) is 127 Å². The van der Waals surface area contributed by atoms with E-state index in [1.165, 1.54) is 33.0 Å². The molecule has 4 aromatic heterocycles. The van der Waals surface area contributed by atoms with E-state index in [1.54, 1.807) is 6.20 Å². The average Bonchev–Trinajstić information content (AvgIpc) is 3.64. The molecule has 1 aliphatic heterocycles. The van der Waals surface area contributed by atoms with Gasteiger partial charge in [0.05, 0.1) is 22.9 Å². The molecule has 0 unspecified atom stereocenters. The lowest BCUT2D eigenvalue weighted by molar-refractivity contribution is 0.483. The second kappa shape index (κ2) is 9.38. The molecule has 0 bridgehead atoms. The molecule has 0 saturated carbocycles. The second-order valence-corrected chi connectivity index (χ2v) is 13.2. The maximum Gasteiger partial charge on any atom is 0.141 e. The van der Waals surface area contributed by atoms with Gasteiger partial charge >= 0.3 is 0 Å². The van der Waals surface area contributed by atoms with Gasteiger partial charge in [-0.2, -0.15) is 5.10 Å². The molecular weight excluding hydrogens is 542 g/mol. The predicted molar refractivity (Wildman–Crippen MR) is 176 cm³/mol. The van der Waals surface area contributed by atoms with Crippen LogP contribution in [0.2, 0.25) is 0 Å². The van der Waals surface area contributed by atoms with Crippen molar-refractivity contribution in [2.24, 2.45) is 0 Å². The summed E-state index contributed by atoms with van der Waals surface area (Å²) < 4.78 is 10.7. The van der Waals surface area contributed by atoms with Crippen LogP contribution in [-0.2, 0) is 10.8 Å². The van der Waals surface area contributed by atoms with E-state index in [9.17, 15) is 0 Å². The Labute approximate surface area is 256 Å². The number of rotatable bonds is 4. The fraction of sp³-hybridized carbons (Fsp3) is 0.184. The number of hydrogen-bond acceptors (Lipinski definition) is 4. The third-order valence-electron chi connectivity index (χ3n) is 8.94. The van der Waals surface area contributed by atoms with Crippen molar-refractivity contribution in [3.8, 4) is 34.1 Å². The van der Waals surface area contributed by atoms with Gasteiger partial charge in [0.25, 0.3) is 0 Å². The number of aromatic nitrogens is 5. The predicted octanol–water partition coefficient (Wildman–Crippen LogP) is 9.16. The van der Waals surface area contributed by atoms with Crippen molar-refractivity contribution in [2.45, 2.75) is 45.4 Å². The number of nitrogens with zero attached hydrogens (tertiary/aromatic N) is 5. The van der Waals surface area contributed by atoms with Gasteiger partial charge in [-0.05, 0) is 59.0 Å². The molecule has 44 heavy (non-hydrogen) atoms. The second-order valence-electron chi connectivity index (χ2n) is 13.2. The van der Waals surface area contributed by atoms with Gasteiger partial charge in [0.1, 0.15) is 17.3 Å². The van der Waals surface area contributed by atoms with E-state index in [0.29, 0.717) is 0 Å². The summed E-state index contributed by atoms with van der Waals surface area (Å²) in [5.74, 6) is 2.49. The molecule has 0 aliphatic carbocycles. The highest BCUT2D eigenvalue weighted by Crippen LogP contribution is 2.48. The number of fused-ring (bicyclic) bond motifs is 5. The molecule has 5 heterocycles. The lowest BCUT2D eigenvalue weighted by atomic mass is 9.73. The smallest absolute Gasteiger partial charge is 0.141 e. The molecule has 0 saturated heterocycles. The van der Waals surface area contributed by atoms with Crippen LogP contribution in [0.1, 0.15) is 51.3 Å². The SMILES string of the molecule is CC(C)(C)c1cc2c3c(c1)c1ccc(Oc4cccc(-n5cc(-c6cccnc6)cn5)c4)cc1n3-c1ncccc1C2(C)C. The highest BCUT2D eigenvalue weighted by Gasteiger charge is 2.37. The summed E-state index contributed by atoms with van der Waals surface area (Å²) in [7, 11) is 0. The Bertz CT molecular complexity index is 2220. The lowest BCUT2D eigenvalue weighted by Gasteiger charge is -2.35. The van der Waals surface area contributed by atoms with Gasteiger partial charge in [-0.25, -0.2) is 9.67 Å². The Morgan fingerprint density at radius 2 is 1.59 bits per heavy atom. The Hall–Kier alpha value is -5.23. The third kappa shape index (κ3) is 4.05. The first-order chi connectivity index (χ1) is 21.2. The van der Waals surface area contributed by atoms with E-state index in [2.05, 4.69) is 85.7 Å². The van der Waals surface area contributed by atoms with E-state index in [-0.39, 0.29) is 10.8 Å². The van der Waals surface area contributed by atoms with Crippen LogP contribution in [0.5, 0.6) is 11.5 Å². The topological polar surface area (TPSA) is 57.8 Å². The Morgan fingerprint density at radius 1 is 0.750 bits per heavy atom. The molecule has 0 radical (unpaired) electrons. The first-order valence-corrected chi connectivity index (χ1v) is 15.0. The summed E-state index contributed by atoms with van der Waals surface area (Å²) >= 11 is 0. The zero-order valence-electron chi connectivity index (χ0n) is 25.5. The minimum atomic E-state index is -0.184. The summed E-state index contributed by atoms with van der Waals surface area (Å²) in [5, 5.41) is 7.04. The minimum absolute atomic E-state index is 0.0196.